The van der Waals surface area contributed by atoms with Gasteiger partial charge in [-0.25, -0.2) is 5.84 Å². The van der Waals surface area contributed by atoms with Gasteiger partial charge in [0.25, 0.3) is 0 Å². The molecule has 0 saturated heterocycles. The molecule has 17 heavy (non-hydrogen) atoms. The highest BCUT2D eigenvalue weighted by molar-refractivity contribution is 5.34. The molecule has 8 heteroatoms. The summed E-state index contributed by atoms with van der Waals surface area (Å²) in [6, 6.07) is 0.569. The summed E-state index contributed by atoms with van der Waals surface area (Å²) in [6.45, 7) is 2.80. The lowest BCUT2D eigenvalue weighted by molar-refractivity contribution is 0.325. The van der Waals surface area contributed by atoms with Crippen molar-refractivity contribution in [3.8, 4) is 6.01 Å². The third-order valence-corrected chi connectivity index (χ3v) is 2.36. The van der Waals surface area contributed by atoms with Crippen LogP contribution in [-0.4, -0.2) is 53.6 Å². The number of hydrazine groups is 1. The first-order chi connectivity index (χ1) is 8.06. The Morgan fingerprint density at radius 3 is 2.47 bits per heavy atom. The van der Waals surface area contributed by atoms with Gasteiger partial charge in [-0.05, 0) is 21.0 Å². The second kappa shape index (κ2) is 6.16. The van der Waals surface area contributed by atoms with Gasteiger partial charge in [0.05, 0.1) is 7.11 Å². The highest BCUT2D eigenvalue weighted by Gasteiger charge is 2.08. The zero-order chi connectivity index (χ0) is 12.8. The number of aromatic nitrogens is 3. The van der Waals surface area contributed by atoms with Gasteiger partial charge in [0, 0.05) is 12.6 Å². The quantitative estimate of drug-likeness (QED) is 0.454. The van der Waals surface area contributed by atoms with Gasteiger partial charge in [-0.2, -0.15) is 15.0 Å². The minimum atomic E-state index is 0.216. The van der Waals surface area contributed by atoms with Crippen LogP contribution in [0.3, 0.4) is 0 Å². The van der Waals surface area contributed by atoms with Crippen molar-refractivity contribution in [3.63, 3.8) is 0 Å². The fraction of sp³-hybridized carbons (Fsp3) is 0.667. The van der Waals surface area contributed by atoms with E-state index in [2.05, 4.69) is 37.5 Å². The molecule has 0 spiro atoms. The maximum atomic E-state index is 5.25. The van der Waals surface area contributed by atoms with Crippen LogP contribution < -0.4 is 21.3 Å². The second-order valence-corrected chi connectivity index (χ2v) is 3.81. The maximum absolute atomic E-state index is 5.25. The molecule has 0 bridgehead atoms. The Bertz CT molecular complexity index is 335. The fourth-order valence-corrected chi connectivity index (χ4v) is 1.01. The minimum absolute atomic E-state index is 0.216. The molecule has 1 atom stereocenters. The van der Waals surface area contributed by atoms with Crippen molar-refractivity contribution in [1.82, 2.24) is 19.9 Å². The number of nitrogens with one attached hydrogen (secondary N) is 2. The molecule has 1 unspecified atom stereocenters. The zero-order valence-electron chi connectivity index (χ0n) is 10.6. The normalized spacial score (nSPS) is 12.4. The van der Waals surface area contributed by atoms with Crippen molar-refractivity contribution in [2.24, 2.45) is 5.84 Å². The van der Waals surface area contributed by atoms with E-state index in [0.717, 1.165) is 0 Å². The third kappa shape index (κ3) is 4.00. The standard InChI is InChI=1S/C9H19N7O/c1-6(16(2)3)5-11-7-12-8(15-10)14-9(13-7)17-4/h6H,5,10H2,1-4H3,(H2,11,12,13,14,15). The summed E-state index contributed by atoms with van der Waals surface area (Å²) in [5.41, 5.74) is 2.36. The number of hydrogen-bond donors (Lipinski definition) is 3. The van der Waals surface area contributed by atoms with E-state index in [1.54, 1.807) is 0 Å². The van der Waals surface area contributed by atoms with Crippen LogP contribution in [0.1, 0.15) is 6.92 Å². The van der Waals surface area contributed by atoms with E-state index in [0.29, 0.717) is 18.5 Å². The van der Waals surface area contributed by atoms with Crippen molar-refractivity contribution in [3.05, 3.63) is 0 Å². The van der Waals surface area contributed by atoms with Gasteiger partial charge in [0.1, 0.15) is 0 Å². The average molecular weight is 241 g/mol. The van der Waals surface area contributed by atoms with E-state index in [9.17, 15) is 0 Å². The lowest BCUT2D eigenvalue weighted by Crippen LogP contribution is -2.32. The fourth-order valence-electron chi connectivity index (χ4n) is 1.01. The summed E-state index contributed by atoms with van der Waals surface area (Å²) in [7, 11) is 5.50. The molecule has 0 amide bonds. The number of ether oxygens (including phenoxy) is 1. The van der Waals surface area contributed by atoms with Crippen molar-refractivity contribution < 1.29 is 4.74 Å². The maximum Gasteiger partial charge on any atom is 0.322 e. The first kappa shape index (κ1) is 13.4. The van der Waals surface area contributed by atoms with Crippen LogP contribution in [0.5, 0.6) is 6.01 Å². The Morgan fingerprint density at radius 2 is 1.94 bits per heavy atom. The highest BCUT2D eigenvalue weighted by Crippen LogP contribution is 2.09. The smallest absolute Gasteiger partial charge is 0.322 e. The number of nitrogens with two attached hydrogens (primary N) is 1. The van der Waals surface area contributed by atoms with Gasteiger partial charge < -0.3 is 15.0 Å². The summed E-state index contributed by atoms with van der Waals surface area (Å²) in [4.78, 5) is 14.1. The van der Waals surface area contributed by atoms with E-state index < -0.39 is 0 Å². The molecule has 0 radical (unpaired) electrons. The number of rotatable bonds is 6. The van der Waals surface area contributed by atoms with Crippen LogP contribution in [0.25, 0.3) is 0 Å². The summed E-state index contributed by atoms with van der Waals surface area (Å²) in [5, 5.41) is 3.10. The number of likely N-dealkylation sites (N-methyl/N-ethyl adjacent to an activating group) is 1. The van der Waals surface area contributed by atoms with Crippen molar-refractivity contribution in [1.29, 1.82) is 0 Å². The molecule has 4 N–H and O–H groups in total. The second-order valence-electron chi connectivity index (χ2n) is 3.81. The predicted molar refractivity (Wildman–Crippen MR) is 65.8 cm³/mol. The Hall–Kier alpha value is -1.67. The first-order valence-corrected chi connectivity index (χ1v) is 5.23. The van der Waals surface area contributed by atoms with E-state index in [4.69, 9.17) is 10.6 Å². The van der Waals surface area contributed by atoms with Gasteiger partial charge in [-0.1, -0.05) is 0 Å². The minimum Gasteiger partial charge on any atom is -0.467 e. The van der Waals surface area contributed by atoms with E-state index in [1.165, 1.54) is 7.11 Å². The third-order valence-electron chi connectivity index (χ3n) is 2.36. The molecule has 0 aliphatic carbocycles. The average Bonchev–Trinajstić information content (AvgIpc) is 2.35. The lowest BCUT2D eigenvalue weighted by Gasteiger charge is -2.19. The first-order valence-electron chi connectivity index (χ1n) is 5.23. The van der Waals surface area contributed by atoms with Crippen LogP contribution >= 0.6 is 0 Å². The molecule has 8 nitrogen and oxygen atoms in total. The van der Waals surface area contributed by atoms with Crippen LogP contribution in [0.4, 0.5) is 11.9 Å². The molecule has 1 rings (SSSR count). The number of nitrogens with zero attached hydrogens (tertiary/aromatic N) is 4. The molecular weight excluding hydrogens is 222 g/mol. The largest absolute Gasteiger partial charge is 0.467 e. The molecule has 0 aliphatic heterocycles. The Labute approximate surface area is 101 Å². The van der Waals surface area contributed by atoms with Gasteiger partial charge in [-0.3, -0.25) is 5.43 Å². The summed E-state index contributed by atoms with van der Waals surface area (Å²) in [6.07, 6.45) is 0. The predicted octanol–water partition coefficient (Wildman–Crippen LogP) is -0.472. The number of hydrogen-bond acceptors (Lipinski definition) is 8. The van der Waals surface area contributed by atoms with Gasteiger partial charge in [-0.15, -0.1) is 0 Å². The van der Waals surface area contributed by atoms with Gasteiger partial charge in [0.15, 0.2) is 0 Å². The molecule has 1 heterocycles. The Balaban J connectivity index is 2.70. The molecule has 0 aliphatic rings. The van der Waals surface area contributed by atoms with Crippen LogP contribution in [0, 0.1) is 0 Å². The van der Waals surface area contributed by atoms with Crippen LogP contribution in [0.2, 0.25) is 0 Å². The number of anilines is 2. The van der Waals surface area contributed by atoms with Crippen LogP contribution in [0.15, 0.2) is 0 Å². The highest BCUT2D eigenvalue weighted by atomic mass is 16.5. The monoisotopic (exact) mass is 241 g/mol. The van der Waals surface area contributed by atoms with Crippen LogP contribution in [-0.2, 0) is 0 Å². The topological polar surface area (TPSA) is 101 Å². The van der Waals surface area contributed by atoms with Gasteiger partial charge in [0.2, 0.25) is 11.9 Å². The summed E-state index contributed by atoms with van der Waals surface area (Å²) in [5.74, 6) is 5.94. The van der Waals surface area contributed by atoms with Crippen molar-refractivity contribution >= 4 is 11.9 Å². The summed E-state index contributed by atoms with van der Waals surface area (Å²) < 4.78 is 4.94. The Morgan fingerprint density at radius 1 is 1.29 bits per heavy atom. The lowest BCUT2D eigenvalue weighted by atomic mass is 10.3. The van der Waals surface area contributed by atoms with Crippen molar-refractivity contribution in [2.75, 3.05) is 38.5 Å². The Kier molecular flexibility index (Phi) is 4.85. The molecular formula is C9H19N7O. The SMILES string of the molecule is COc1nc(NN)nc(NCC(C)N(C)C)n1. The molecule has 0 saturated carbocycles. The number of nitrogen functional groups attached to an aromatic ring is 1. The molecule has 1 aromatic heterocycles. The summed E-state index contributed by atoms with van der Waals surface area (Å²) >= 11 is 0. The molecule has 0 aromatic carbocycles. The molecule has 1 aromatic rings. The van der Waals surface area contributed by atoms with E-state index in [-0.39, 0.29) is 12.0 Å². The molecule has 0 fully saturated rings. The van der Waals surface area contributed by atoms with E-state index in [1.807, 2.05) is 14.1 Å². The molecule has 96 valence electrons. The van der Waals surface area contributed by atoms with E-state index >= 15 is 0 Å². The van der Waals surface area contributed by atoms with Crippen molar-refractivity contribution in [2.45, 2.75) is 13.0 Å². The zero-order valence-corrected chi connectivity index (χ0v) is 10.6. The number of methoxy groups -OCH3 is 1. The van der Waals surface area contributed by atoms with Gasteiger partial charge >= 0.3 is 6.01 Å².